The first-order chi connectivity index (χ1) is 12.1. The van der Waals surface area contributed by atoms with Crippen molar-refractivity contribution >= 4 is 14.4 Å². The third kappa shape index (κ3) is 4.30. The second-order valence-electron chi connectivity index (χ2n) is 6.98. The lowest BCUT2D eigenvalue weighted by Gasteiger charge is -2.50. The highest BCUT2D eigenvalue weighted by Gasteiger charge is 2.46. The van der Waals surface area contributed by atoms with Gasteiger partial charge in [0.1, 0.15) is 18.0 Å². The lowest BCUT2D eigenvalue weighted by atomic mass is 9.76. The van der Waals surface area contributed by atoms with Crippen LogP contribution < -0.4 is 4.74 Å². The number of carbonyl (C=O) groups is 1. The molecule has 3 radical (unpaired) electrons. The zero-order chi connectivity index (χ0) is 17.9. The van der Waals surface area contributed by atoms with E-state index in [9.17, 15) is 9.90 Å². The fourth-order valence-electron chi connectivity index (χ4n) is 3.89. The van der Waals surface area contributed by atoms with Gasteiger partial charge in [0.05, 0.1) is 12.2 Å². The van der Waals surface area contributed by atoms with Crippen LogP contribution in [0.5, 0.6) is 5.75 Å². The van der Waals surface area contributed by atoms with Gasteiger partial charge >= 0.3 is 5.97 Å². The molecule has 3 saturated heterocycles. The fourth-order valence-corrected chi connectivity index (χ4v) is 3.89. The zero-order valence-corrected chi connectivity index (χ0v) is 15.4. The summed E-state index contributed by atoms with van der Waals surface area (Å²) in [7, 11) is 0. The molecule has 3 aliphatic rings. The Kier molecular flexibility index (Phi) is 6.90. The second-order valence-corrected chi connectivity index (χ2v) is 6.98. The molecule has 3 aliphatic heterocycles. The Morgan fingerprint density at radius 3 is 2.73 bits per heavy atom. The van der Waals surface area contributed by atoms with Crippen molar-refractivity contribution in [2.75, 3.05) is 32.8 Å². The predicted octanol–water partition coefficient (Wildman–Crippen LogP) is 2.05. The molecule has 5 nitrogen and oxygen atoms in total. The molecule has 26 heavy (non-hydrogen) atoms. The minimum Gasteiger partial charge on any atom is -0.490 e. The van der Waals surface area contributed by atoms with Crippen molar-refractivity contribution in [1.29, 1.82) is 0 Å². The topological polar surface area (TPSA) is 59.0 Å². The van der Waals surface area contributed by atoms with Crippen LogP contribution in [0.2, 0.25) is 0 Å². The van der Waals surface area contributed by atoms with E-state index >= 15 is 0 Å². The van der Waals surface area contributed by atoms with Crippen LogP contribution in [-0.4, -0.2) is 62.8 Å². The number of piperidine rings is 3. The van der Waals surface area contributed by atoms with E-state index in [-0.39, 0.29) is 21.0 Å². The molecule has 1 unspecified atom stereocenters. The van der Waals surface area contributed by atoms with E-state index in [1.165, 1.54) is 0 Å². The minimum atomic E-state index is -0.790. The number of benzene rings is 1. The summed E-state index contributed by atoms with van der Waals surface area (Å²) < 4.78 is 11.1. The van der Waals surface area contributed by atoms with E-state index in [0.717, 1.165) is 31.5 Å². The first-order valence-electron chi connectivity index (χ1n) is 9.04. The van der Waals surface area contributed by atoms with Crippen LogP contribution >= 0.6 is 0 Å². The van der Waals surface area contributed by atoms with Crippen molar-refractivity contribution < 1.29 is 19.4 Å². The minimum absolute atomic E-state index is 0. The molecule has 0 amide bonds. The standard InChI is InChI=1S/C20H27NO4.B/c1-3-5-15-12-16(19(22)24-4-2)6-7-18(15)25-14-20(23)13-21-10-8-17(20)9-11-21;/h3,6-7,12,17,23H,1,4-5,8-11,13-14H2,2H3;. The Balaban J connectivity index is 0.00000243. The van der Waals surface area contributed by atoms with Gasteiger partial charge in [-0.2, -0.15) is 0 Å². The van der Waals surface area contributed by atoms with Crippen LogP contribution in [0.3, 0.4) is 0 Å². The average Bonchev–Trinajstić information content (AvgIpc) is 2.62. The van der Waals surface area contributed by atoms with Crippen LogP contribution in [0.15, 0.2) is 30.9 Å². The van der Waals surface area contributed by atoms with E-state index in [2.05, 4.69) is 11.5 Å². The Bertz CT molecular complexity index is 643. The predicted molar refractivity (Wildman–Crippen MR) is 102 cm³/mol. The number of nitrogens with zero attached hydrogens (tertiary/aromatic N) is 1. The van der Waals surface area contributed by atoms with E-state index in [1.54, 1.807) is 31.2 Å². The Hall–Kier alpha value is -1.79. The smallest absolute Gasteiger partial charge is 0.338 e. The number of hydrogen-bond acceptors (Lipinski definition) is 5. The molecule has 3 heterocycles. The molecule has 1 aromatic carbocycles. The van der Waals surface area contributed by atoms with Crippen LogP contribution in [0.25, 0.3) is 0 Å². The summed E-state index contributed by atoms with van der Waals surface area (Å²) in [6.07, 6.45) is 4.43. The van der Waals surface area contributed by atoms with E-state index in [1.807, 2.05) is 0 Å². The van der Waals surface area contributed by atoms with Crippen LogP contribution in [-0.2, 0) is 11.2 Å². The maximum Gasteiger partial charge on any atom is 0.338 e. The number of fused-ring (bicyclic) bond motifs is 3. The molecule has 1 atom stereocenters. The monoisotopic (exact) mass is 356 g/mol. The summed E-state index contributed by atoms with van der Waals surface area (Å²) in [5.74, 6) is 0.660. The van der Waals surface area contributed by atoms with Gasteiger partial charge in [0.2, 0.25) is 0 Å². The van der Waals surface area contributed by atoms with E-state index in [0.29, 0.717) is 36.8 Å². The molecule has 0 aliphatic carbocycles. The second kappa shape index (κ2) is 8.74. The molecule has 1 N–H and O–H groups in total. The summed E-state index contributed by atoms with van der Waals surface area (Å²) >= 11 is 0. The fraction of sp³-hybridized carbons (Fsp3) is 0.550. The maximum atomic E-state index is 11.9. The average molecular weight is 356 g/mol. The normalized spacial score (nSPS) is 26.7. The highest BCUT2D eigenvalue weighted by molar-refractivity contribution is 5.89. The molecule has 0 spiro atoms. The number of aliphatic hydroxyl groups is 1. The Morgan fingerprint density at radius 2 is 2.15 bits per heavy atom. The summed E-state index contributed by atoms with van der Waals surface area (Å²) in [4.78, 5) is 14.2. The lowest BCUT2D eigenvalue weighted by molar-refractivity contribution is -0.131. The number of hydrogen-bond donors (Lipinski definition) is 1. The molecule has 1 aromatic rings. The number of esters is 1. The summed E-state index contributed by atoms with van der Waals surface area (Å²) in [5.41, 5.74) is 0.597. The largest absolute Gasteiger partial charge is 0.490 e. The van der Waals surface area contributed by atoms with Gasteiger partial charge in [0.15, 0.2) is 0 Å². The first-order valence-corrected chi connectivity index (χ1v) is 9.04. The highest BCUT2D eigenvalue weighted by atomic mass is 16.5. The summed E-state index contributed by atoms with van der Waals surface area (Å²) in [5, 5.41) is 11.0. The van der Waals surface area contributed by atoms with Crippen molar-refractivity contribution in [3.63, 3.8) is 0 Å². The molecule has 0 saturated carbocycles. The van der Waals surface area contributed by atoms with Gasteiger partial charge in [-0.05, 0) is 69.0 Å². The van der Waals surface area contributed by atoms with Gasteiger partial charge in [-0.25, -0.2) is 4.79 Å². The van der Waals surface area contributed by atoms with Gasteiger partial charge < -0.3 is 19.5 Å². The van der Waals surface area contributed by atoms with Gasteiger partial charge in [-0.1, -0.05) is 6.08 Å². The quantitative estimate of drug-likeness (QED) is 0.460. The molecule has 139 valence electrons. The zero-order valence-electron chi connectivity index (χ0n) is 15.4. The molecular weight excluding hydrogens is 329 g/mol. The van der Waals surface area contributed by atoms with Gasteiger partial charge in [0, 0.05) is 15.0 Å². The number of carbonyl (C=O) groups excluding carboxylic acids is 1. The molecular formula is C20H27BNO4. The number of rotatable bonds is 7. The molecule has 0 aromatic heterocycles. The molecule has 6 heteroatoms. The number of allylic oxidation sites excluding steroid dienone is 1. The van der Waals surface area contributed by atoms with Crippen LogP contribution in [0.1, 0.15) is 35.7 Å². The lowest BCUT2D eigenvalue weighted by Crippen LogP contribution is -2.61. The molecule has 4 rings (SSSR count). The Labute approximate surface area is 157 Å². The van der Waals surface area contributed by atoms with Gasteiger partial charge in [0.25, 0.3) is 0 Å². The van der Waals surface area contributed by atoms with Crippen molar-refractivity contribution in [1.82, 2.24) is 4.90 Å². The maximum absolute atomic E-state index is 11.9. The van der Waals surface area contributed by atoms with E-state index < -0.39 is 5.60 Å². The third-order valence-electron chi connectivity index (χ3n) is 5.26. The van der Waals surface area contributed by atoms with Crippen LogP contribution in [0, 0.1) is 5.92 Å². The van der Waals surface area contributed by atoms with Crippen LogP contribution in [0.4, 0.5) is 0 Å². The molecule has 2 bridgehead atoms. The summed E-state index contributed by atoms with van der Waals surface area (Å²) in [6, 6.07) is 5.28. The van der Waals surface area contributed by atoms with Crippen molar-refractivity contribution in [2.45, 2.75) is 31.8 Å². The van der Waals surface area contributed by atoms with Gasteiger partial charge in [-0.3, -0.25) is 0 Å². The van der Waals surface area contributed by atoms with Crippen molar-refractivity contribution in [2.24, 2.45) is 5.92 Å². The highest BCUT2D eigenvalue weighted by Crippen LogP contribution is 2.36. The third-order valence-corrected chi connectivity index (χ3v) is 5.26. The Morgan fingerprint density at radius 1 is 1.42 bits per heavy atom. The molecule has 3 fully saturated rings. The van der Waals surface area contributed by atoms with Crippen molar-refractivity contribution in [3.05, 3.63) is 42.0 Å². The number of ether oxygens (including phenoxy) is 2. The SMILES string of the molecule is C=CCc1cc(C(=O)OCC)ccc1OCC1(O)CN2CCC1CC2.[B]. The summed E-state index contributed by atoms with van der Waals surface area (Å²) in [6.45, 7) is 9.00. The van der Waals surface area contributed by atoms with Gasteiger partial charge in [-0.15, -0.1) is 6.58 Å². The first kappa shape index (κ1) is 20.5. The van der Waals surface area contributed by atoms with E-state index in [4.69, 9.17) is 9.47 Å². The van der Waals surface area contributed by atoms with Crippen molar-refractivity contribution in [3.8, 4) is 5.75 Å².